The first-order chi connectivity index (χ1) is 15.1. The maximum Gasteiger partial charge on any atom is 0.265 e. The van der Waals surface area contributed by atoms with Gasteiger partial charge in [0.15, 0.2) is 0 Å². The van der Waals surface area contributed by atoms with E-state index in [0.717, 1.165) is 11.3 Å². The van der Waals surface area contributed by atoms with Crippen LogP contribution in [0.15, 0.2) is 41.4 Å². The normalized spacial score (nSPS) is 16.5. The number of carbonyl (C=O) groups excluding carboxylic acids is 2. The van der Waals surface area contributed by atoms with Gasteiger partial charge < -0.3 is 19.9 Å². The van der Waals surface area contributed by atoms with Gasteiger partial charge >= 0.3 is 0 Å². The van der Waals surface area contributed by atoms with E-state index in [1.807, 2.05) is 31.2 Å². The number of nitrogens with zero attached hydrogens (tertiary/aromatic N) is 3. The Labute approximate surface area is 188 Å². The second-order valence-electron chi connectivity index (χ2n) is 8.08. The third-order valence-corrected chi connectivity index (χ3v) is 8.05. The highest BCUT2D eigenvalue weighted by molar-refractivity contribution is 7.89. The number of methoxy groups -OCH3 is 1. The molecule has 3 rings (SSSR count). The lowest BCUT2D eigenvalue weighted by atomic mass is 9.95. The summed E-state index contributed by atoms with van der Waals surface area (Å²) in [6.07, 6.45) is 2.24. The molecule has 9 nitrogen and oxygen atoms in total. The number of hydrogen-bond acceptors (Lipinski definition) is 5. The Kier molecular flexibility index (Phi) is 6.94. The number of rotatable bonds is 7. The Hall–Kier alpha value is -2.85. The van der Waals surface area contributed by atoms with Crippen molar-refractivity contribution in [3.63, 3.8) is 0 Å². The van der Waals surface area contributed by atoms with E-state index in [9.17, 15) is 18.0 Å². The van der Waals surface area contributed by atoms with E-state index in [2.05, 4.69) is 0 Å². The molecule has 1 aliphatic rings. The Morgan fingerprint density at radius 3 is 2.41 bits per heavy atom. The van der Waals surface area contributed by atoms with Gasteiger partial charge in [-0.25, -0.2) is 8.42 Å². The van der Waals surface area contributed by atoms with Crippen molar-refractivity contribution in [3.05, 3.63) is 47.8 Å². The van der Waals surface area contributed by atoms with Crippen LogP contribution in [0, 0.1) is 5.92 Å². The lowest BCUT2D eigenvalue weighted by molar-refractivity contribution is -0.137. The first kappa shape index (κ1) is 23.8. The van der Waals surface area contributed by atoms with E-state index in [1.165, 1.54) is 21.1 Å². The summed E-state index contributed by atoms with van der Waals surface area (Å²) in [5.41, 5.74) is 6.34. The minimum atomic E-state index is -3.77. The number of primary amides is 1. The summed E-state index contributed by atoms with van der Waals surface area (Å²) in [5.74, 6) is -0.249. The van der Waals surface area contributed by atoms with Gasteiger partial charge in [0.25, 0.3) is 5.91 Å². The Morgan fingerprint density at radius 1 is 1.22 bits per heavy atom. The topological polar surface area (TPSA) is 115 Å². The Bertz CT molecular complexity index is 1100. The zero-order valence-electron chi connectivity index (χ0n) is 18.8. The van der Waals surface area contributed by atoms with Gasteiger partial charge in [-0.1, -0.05) is 18.2 Å². The summed E-state index contributed by atoms with van der Waals surface area (Å²) in [6.45, 7) is 2.41. The van der Waals surface area contributed by atoms with Crippen LogP contribution < -0.4 is 10.5 Å². The molecule has 1 saturated heterocycles. The maximum atomic E-state index is 13.1. The minimum absolute atomic E-state index is 0.0174. The molecule has 2 N–H and O–H groups in total. The third-order valence-electron chi connectivity index (χ3n) is 6.19. The van der Waals surface area contributed by atoms with Gasteiger partial charge in [-0.2, -0.15) is 4.31 Å². The van der Waals surface area contributed by atoms with Gasteiger partial charge in [0.2, 0.25) is 15.9 Å². The molecule has 1 fully saturated rings. The zero-order valence-corrected chi connectivity index (χ0v) is 19.6. The average molecular weight is 463 g/mol. The molecule has 2 aromatic rings. The Morgan fingerprint density at radius 2 is 1.84 bits per heavy atom. The van der Waals surface area contributed by atoms with Gasteiger partial charge in [0, 0.05) is 44.9 Å². The van der Waals surface area contributed by atoms with Crippen LogP contribution in [-0.2, 0) is 21.9 Å². The van der Waals surface area contributed by atoms with Crippen molar-refractivity contribution in [2.24, 2.45) is 18.7 Å². The number of aryl methyl sites for hydroxylation is 1. The van der Waals surface area contributed by atoms with Crippen molar-refractivity contribution in [1.29, 1.82) is 0 Å². The summed E-state index contributed by atoms with van der Waals surface area (Å²) in [6, 6.07) is 8.69. The van der Waals surface area contributed by atoms with Crippen LogP contribution in [0.4, 0.5) is 0 Å². The maximum absolute atomic E-state index is 13.1. The van der Waals surface area contributed by atoms with E-state index < -0.39 is 15.9 Å². The molecule has 32 heavy (non-hydrogen) atoms. The molecule has 0 aliphatic carbocycles. The molecule has 0 radical (unpaired) electrons. The summed E-state index contributed by atoms with van der Waals surface area (Å²) >= 11 is 0. The number of amides is 2. The summed E-state index contributed by atoms with van der Waals surface area (Å²) in [7, 11) is 1.16. The molecule has 1 aromatic carbocycles. The summed E-state index contributed by atoms with van der Waals surface area (Å²) in [5, 5.41) is 0. The highest BCUT2D eigenvalue weighted by atomic mass is 32.2. The van der Waals surface area contributed by atoms with Gasteiger partial charge in [-0.15, -0.1) is 0 Å². The molecular formula is C22H30N4O5S. The second kappa shape index (κ2) is 9.33. The van der Waals surface area contributed by atoms with Crippen LogP contribution in [0.2, 0.25) is 0 Å². The molecule has 1 aromatic heterocycles. The van der Waals surface area contributed by atoms with Crippen LogP contribution in [0.25, 0.3) is 0 Å². The minimum Gasteiger partial charge on any atom is -0.496 e. The predicted octanol–water partition coefficient (Wildman–Crippen LogP) is 1.75. The van der Waals surface area contributed by atoms with Gasteiger partial charge in [-0.3, -0.25) is 9.59 Å². The fourth-order valence-electron chi connectivity index (χ4n) is 4.11. The van der Waals surface area contributed by atoms with E-state index in [4.69, 9.17) is 10.5 Å². The highest BCUT2D eigenvalue weighted by Crippen LogP contribution is 2.31. The van der Waals surface area contributed by atoms with Crippen LogP contribution in [0.3, 0.4) is 0 Å². The van der Waals surface area contributed by atoms with Crippen molar-refractivity contribution in [2.75, 3.05) is 27.2 Å². The SMILES string of the molecule is COc1ccccc1C(C)N(C)C(=O)C1CCN(S(=O)(=O)c2cc(C(N)=O)n(C)c2)CC1. The second-order valence-corrected chi connectivity index (χ2v) is 10.0. The van der Waals surface area contributed by atoms with Gasteiger partial charge in [0.05, 0.1) is 13.2 Å². The third kappa shape index (κ3) is 4.51. The van der Waals surface area contributed by atoms with Crippen LogP contribution in [0.5, 0.6) is 5.75 Å². The molecule has 10 heteroatoms. The molecule has 174 valence electrons. The lowest BCUT2D eigenvalue weighted by Gasteiger charge is -2.34. The molecule has 1 aliphatic heterocycles. The first-order valence-corrected chi connectivity index (χ1v) is 11.9. The van der Waals surface area contributed by atoms with Crippen molar-refractivity contribution in [2.45, 2.75) is 30.7 Å². The van der Waals surface area contributed by atoms with E-state index in [0.29, 0.717) is 12.8 Å². The fourth-order valence-corrected chi connectivity index (χ4v) is 5.65. The number of ether oxygens (including phenoxy) is 1. The molecular weight excluding hydrogens is 432 g/mol. The van der Waals surface area contributed by atoms with Crippen LogP contribution in [0.1, 0.15) is 41.9 Å². The van der Waals surface area contributed by atoms with E-state index in [-0.39, 0.29) is 41.5 Å². The van der Waals surface area contributed by atoms with Crippen molar-refractivity contribution in [3.8, 4) is 5.75 Å². The molecule has 0 spiro atoms. The number of aromatic nitrogens is 1. The molecule has 1 unspecified atom stereocenters. The average Bonchev–Trinajstić information content (AvgIpc) is 3.20. The van der Waals surface area contributed by atoms with E-state index in [1.54, 1.807) is 26.1 Å². The number of benzene rings is 1. The molecule has 0 bridgehead atoms. The molecule has 2 amide bonds. The standard InChI is InChI=1S/C22H30N4O5S/c1-15(18-7-5-6-8-20(18)31-4)25(3)22(28)16-9-11-26(12-10-16)32(29,30)17-13-19(21(23)27)24(2)14-17/h5-8,13-16H,9-12H2,1-4H3,(H2,23,27). The summed E-state index contributed by atoms with van der Waals surface area (Å²) in [4.78, 5) is 26.3. The number of para-hydroxylation sites is 1. The van der Waals surface area contributed by atoms with E-state index >= 15 is 0 Å². The van der Waals surface area contributed by atoms with Crippen molar-refractivity contribution in [1.82, 2.24) is 13.8 Å². The van der Waals surface area contributed by atoms with Crippen LogP contribution >= 0.6 is 0 Å². The smallest absolute Gasteiger partial charge is 0.265 e. The van der Waals surface area contributed by atoms with Crippen molar-refractivity contribution >= 4 is 21.8 Å². The first-order valence-electron chi connectivity index (χ1n) is 10.4. The number of sulfonamides is 1. The lowest BCUT2D eigenvalue weighted by Crippen LogP contribution is -2.43. The number of piperidine rings is 1. The molecule has 2 heterocycles. The molecule has 0 saturated carbocycles. The predicted molar refractivity (Wildman–Crippen MR) is 120 cm³/mol. The molecule has 1 atom stereocenters. The quantitative estimate of drug-likeness (QED) is 0.673. The Balaban J connectivity index is 1.67. The zero-order chi connectivity index (χ0) is 23.6. The number of hydrogen-bond donors (Lipinski definition) is 1. The number of carbonyl (C=O) groups is 2. The number of nitrogens with two attached hydrogens (primary N) is 1. The van der Waals surface area contributed by atoms with Gasteiger partial charge in [-0.05, 0) is 31.9 Å². The highest BCUT2D eigenvalue weighted by Gasteiger charge is 2.35. The van der Waals surface area contributed by atoms with Crippen molar-refractivity contribution < 1.29 is 22.7 Å². The van der Waals surface area contributed by atoms with Gasteiger partial charge in [0.1, 0.15) is 16.3 Å². The largest absolute Gasteiger partial charge is 0.496 e. The monoisotopic (exact) mass is 462 g/mol. The fraction of sp³-hybridized carbons (Fsp3) is 0.455. The van der Waals surface area contributed by atoms with Crippen LogP contribution in [-0.4, -0.2) is 61.3 Å². The summed E-state index contributed by atoms with van der Waals surface area (Å²) < 4.78 is 34.2.